The average molecular weight is 289 g/mol. The summed E-state index contributed by atoms with van der Waals surface area (Å²) < 4.78 is 2.63. The largest absolute Gasteiger partial charge is 0.330 e. The molecule has 0 atom stereocenters. The molecular formula is C14H15N3O4. The number of nitro groups is 1. The van der Waals surface area contributed by atoms with E-state index in [0.717, 1.165) is 5.56 Å². The summed E-state index contributed by atoms with van der Waals surface area (Å²) in [5, 5.41) is 10.6. The molecule has 0 fully saturated rings. The molecule has 0 spiro atoms. The molecule has 110 valence electrons. The van der Waals surface area contributed by atoms with E-state index in [0.29, 0.717) is 13.0 Å². The number of hydrogen-bond donors (Lipinski definition) is 0. The van der Waals surface area contributed by atoms with E-state index in [1.807, 2.05) is 6.92 Å². The number of non-ortho nitro benzene ring substituents is 1. The molecule has 0 saturated carbocycles. The molecule has 0 aliphatic heterocycles. The van der Waals surface area contributed by atoms with Crippen molar-refractivity contribution in [2.45, 2.75) is 26.4 Å². The summed E-state index contributed by atoms with van der Waals surface area (Å²) in [6, 6.07) is 7.44. The third-order valence-electron chi connectivity index (χ3n) is 3.25. The van der Waals surface area contributed by atoms with Crippen LogP contribution >= 0.6 is 0 Å². The van der Waals surface area contributed by atoms with E-state index in [1.165, 1.54) is 33.5 Å². The quantitative estimate of drug-likeness (QED) is 0.611. The first-order chi connectivity index (χ1) is 10.0. The average Bonchev–Trinajstić information content (AvgIpc) is 2.47. The summed E-state index contributed by atoms with van der Waals surface area (Å²) in [7, 11) is 0. The van der Waals surface area contributed by atoms with Crippen LogP contribution in [0.3, 0.4) is 0 Å². The van der Waals surface area contributed by atoms with Crippen LogP contribution in [0.2, 0.25) is 0 Å². The fourth-order valence-electron chi connectivity index (χ4n) is 2.03. The van der Waals surface area contributed by atoms with Crippen LogP contribution in [0.5, 0.6) is 0 Å². The summed E-state index contributed by atoms with van der Waals surface area (Å²) in [5.41, 5.74) is 0.168. The van der Waals surface area contributed by atoms with E-state index in [2.05, 4.69) is 0 Å². The predicted molar refractivity (Wildman–Crippen MR) is 77.4 cm³/mol. The summed E-state index contributed by atoms with van der Waals surface area (Å²) in [6.07, 6.45) is 1.94. The van der Waals surface area contributed by atoms with Crippen molar-refractivity contribution in [3.63, 3.8) is 0 Å². The van der Waals surface area contributed by atoms with E-state index in [9.17, 15) is 19.7 Å². The second-order valence-corrected chi connectivity index (χ2v) is 4.55. The Hall–Kier alpha value is -2.70. The molecule has 0 radical (unpaired) electrons. The van der Waals surface area contributed by atoms with Crippen LogP contribution in [0.15, 0.2) is 46.1 Å². The Labute approximate surface area is 120 Å². The van der Waals surface area contributed by atoms with Gasteiger partial charge in [0.15, 0.2) is 0 Å². The van der Waals surface area contributed by atoms with Crippen LogP contribution in [0, 0.1) is 10.1 Å². The first kappa shape index (κ1) is 14.7. The summed E-state index contributed by atoms with van der Waals surface area (Å²) in [5.74, 6) is 0. The lowest BCUT2D eigenvalue weighted by Crippen LogP contribution is -2.39. The molecule has 2 aromatic rings. The zero-order valence-electron chi connectivity index (χ0n) is 11.6. The maximum atomic E-state index is 12.0. The van der Waals surface area contributed by atoms with Crippen LogP contribution in [0.1, 0.15) is 12.5 Å². The van der Waals surface area contributed by atoms with Crippen molar-refractivity contribution in [3.05, 3.63) is 73.0 Å². The Morgan fingerprint density at radius 1 is 1.14 bits per heavy atom. The molecule has 0 unspecified atom stereocenters. The van der Waals surface area contributed by atoms with Crippen molar-refractivity contribution in [2.75, 3.05) is 0 Å². The van der Waals surface area contributed by atoms with E-state index in [4.69, 9.17) is 0 Å². The van der Waals surface area contributed by atoms with E-state index in [-0.39, 0.29) is 23.5 Å². The van der Waals surface area contributed by atoms with E-state index in [1.54, 1.807) is 12.1 Å². The minimum absolute atomic E-state index is 0.0176. The zero-order chi connectivity index (χ0) is 15.4. The highest BCUT2D eigenvalue weighted by atomic mass is 16.6. The van der Waals surface area contributed by atoms with Crippen LogP contribution in [-0.4, -0.2) is 14.1 Å². The van der Waals surface area contributed by atoms with Crippen LogP contribution in [-0.2, 0) is 19.5 Å². The van der Waals surface area contributed by atoms with Gasteiger partial charge in [0.2, 0.25) is 0 Å². The molecule has 0 aliphatic carbocycles. The van der Waals surface area contributed by atoms with Crippen molar-refractivity contribution >= 4 is 5.69 Å². The SMILES string of the molecule is CCn1ccc(=O)n(CCc2ccc([N+](=O)[O-])cc2)c1=O. The van der Waals surface area contributed by atoms with Crippen molar-refractivity contribution < 1.29 is 4.92 Å². The lowest BCUT2D eigenvalue weighted by molar-refractivity contribution is -0.384. The minimum Gasteiger partial charge on any atom is -0.301 e. The van der Waals surface area contributed by atoms with Crippen molar-refractivity contribution in [1.29, 1.82) is 0 Å². The second-order valence-electron chi connectivity index (χ2n) is 4.55. The number of aromatic nitrogens is 2. The molecule has 0 saturated heterocycles. The molecule has 7 heteroatoms. The maximum Gasteiger partial charge on any atom is 0.330 e. The van der Waals surface area contributed by atoms with Gasteiger partial charge in [-0.1, -0.05) is 12.1 Å². The Balaban J connectivity index is 2.18. The molecule has 1 aromatic carbocycles. The first-order valence-corrected chi connectivity index (χ1v) is 6.56. The molecule has 2 rings (SSSR count). The monoisotopic (exact) mass is 289 g/mol. The summed E-state index contributed by atoms with van der Waals surface area (Å²) in [6.45, 7) is 2.57. The lowest BCUT2D eigenvalue weighted by Gasteiger charge is -2.08. The molecule has 21 heavy (non-hydrogen) atoms. The number of nitro benzene ring substituents is 1. The van der Waals surface area contributed by atoms with Gasteiger partial charge < -0.3 is 4.57 Å². The molecule has 1 heterocycles. The van der Waals surface area contributed by atoms with Gasteiger partial charge in [-0.2, -0.15) is 0 Å². The van der Waals surface area contributed by atoms with Gasteiger partial charge in [0.1, 0.15) is 0 Å². The minimum atomic E-state index is -0.467. The van der Waals surface area contributed by atoms with Gasteiger partial charge in [-0.15, -0.1) is 0 Å². The van der Waals surface area contributed by atoms with Crippen LogP contribution in [0.4, 0.5) is 5.69 Å². The third kappa shape index (κ3) is 3.25. The fraction of sp³-hybridized carbons (Fsp3) is 0.286. The normalized spacial score (nSPS) is 10.5. The van der Waals surface area contributed by atoms with Gasteiger partial charge >= 0.3 is 5.69 Å². The smallest absolute Gasteiger partial charge is 0.301 e. The molecular weight excluding hydrogens is 274 g/mol. The molecule has 1 aromatic heterocycles. The number of rotatable bonds is 5. The third-order valence-corrected chi connectivity index (χ3v) is 3.25. The summed E-state index contributed by atoms with van der Waals surface area (Å²) >= 11 is 0. The highest BCUT2D eigenvalue weighted by molar-refractivity contribution is 5.32. The maximum absolute atomic E-state index is 12.0. The van der Waals surface area contributed by atoms with Gasteiger partial charge in [-0.05, 0) is 18.9 Å². The standard InChI is InChI=1S/C14H15N3O4/c1-2-15-9-8-13(18)16(14(15)19)10-7-11-3-5-12(6-4-11)17(20)21/h3-6,8-9H,2,7,10H2,1H3. The highest BCUT2D eigenvalue weighted by Crippen LogP contribution is 2.12. The van der Waals surface area contributed by atoms with Gasteiger partial charge in [0.25, 0.3) is 11.2 Å². The number of aryl methyl sites for hydroxylation is 2. The van der Waals surface area contributed by atoms with Crippen LogP contribution < -0.4 is 11.2 Å². The Morgan fingerprint density at radius 3 is 2.38 bits per heavy atom. The Kier molecular flexibility index (Phi) is 4.32. The number of benzene rings is 1. The van der Waals surface area contributed by atoms with Gasteiger partial charge in [0.05, 0.1) is 4.92 Å². The number of hydrogen-bond acceptors (Lipinski definition) is 4. The lowest BCUT2D eigenvalue weighted by atomic mass is 10.1. The van der Waals surface area contributed by atoms with Gasteiger partial charge in [-0.25, -0.2) is 4.79 Å². The van der Waals surface area contributed by atoms with Crippen molar-refractivity contribution in [3.8, 4) is 0 Å². The van der Waals surface area contributed by atoms with E-state index < -0.39 is 4.92 Å². The number of nitrogens with zero attached hydrogens (tertiary/aromatic N) is 3. The highest BCUT2D eigenvalue weighted by Gasteiger charge is 2.06. The molecule has 0 aliphatic rings. The predicted octanol–water partition coefficient (Wildman–Crippen LogP) is 1.18. The zero-order valence-corrected chi connectivity index (χ0v) is 11.6. The molecule has 0 amide bonds. The molecule has 0 bridgehead atoms. The van der Waals surface area contributed by atoms with Gasteiger partial charge in [0, 0.05) is 37.5 Å². The van der Waals surface area contributed by atoms with Gasteiger partial charge in [-0.3, -0.25) is 19.5 Å². The Morgan fingerprint density at radius 2 is 1.81 bits per heavy atom. The van der Waals surface area contributed by atoms with Crippen molar-refractivity contribution in [2.24, 2.45) is 0 Å². The molecule has 0 N–H and O–H groups in total. The van der Waals surface area contributed by atoms with Crippen molar-refractivity contribution in [1.82, 2.24) is 9.13 Å². The topological polar surface area (TPSA) is 87.1 Å². The second kappa shape index (κ2) is 6.17. The Bertz CT molecular complexity index is 759. The summed E-state index contributed by atoms with van der Waals surface area (Å²) in [4.78, 5) is 33.9. The fourth-order valence-corrected chi connectivity index (χ4v) is 2.03. The first-order valence-electron chi connectivity index (χ1n) is 6.56. The molecule has 7 nitrogen and oxygen atoms in total. The van der Waals surface area contributed by atoms with Crippen LogP contribution in [0.25, 0.3) is 0 Å². The van der Waals surface area contributed by atoms with E-state index >= 15 is 0 Å².